The number of hydrogen-bond acceptors (Lipinski definition) is 2. The van der Waals surface area contributed by atoms with Gasteiger partial charge in [0, 0.05) is 0 Å². The molecule has 0 unspecified atom stereocenters. The molecule has 1 aliphatic rings. The van der Waals surface area contributed by atoms with E-state index in [-0.39, 0.29) is 0 Å². The second kappa shape index (κ2) is 6.65. The number of ether oxygens (including phenoxy) is 1. The summed E-state index contributed by atoms with van der Waals surface area (Å²) in [5.41, 5.74) is 1.38. The number of methoxy groups -OCH3 is 1. The second-order valence-corrected chi connectivity index (χ2v) is 4.93. The fourth-order valence-electron chi connectivity index (χ4n) is 2.24. The van der Waals surface area contributed by atoms with Gasteiger partial charge in [0.1, 0.15) is 5.75 Å². The van der Waals surface area contributed by atoms with Crippen LogP contribution < -0.4 is 10.1 Å². The van der Waals surface area contributed by atoms with Crippen molar-refractivity contribution < 1.29 is 4.74 Å². The van der Waals surface area contributed by atoms with Crippen LogP contribution in [0.15, 0.2) is 24.3 Å². The van der Waals surface area contributed by atoms with Gasteiger partial charge in [-0.1, -0.05) is 31.4 Å². The predicted molar refractivity (Wildman–Crippen MR) is 71.5 cm³/mol. The average Bonchev–Trinajstić information content (AvgIpc) is 2.32. The Kier molecular flexibility index (Phi) is 4.87. The van der Waals surface area contributed by atoms with Crippen molar-refractivity contribution in [1.82, 2.24) is 5.32 Å². The van der Waals surface area contributed by atoms with Gasteiger partial charge in [-0.15, -0.1) is 0 Å². The van der Waals surface area contributed by atoms with Gasteiger partial charge < -0.3 is 10.1 Å². The summed E-state index contributed by atoms with van der Waals surface area (Å²) in [4.78, 5) is 0. The van der Waals surface area contributed by atoms with Crippen molar-refractivity contribution in [3.63, 3.8) is 0 Å². The van der Waals surface area contributed by atoms with E-state index in [1.165, 1.54) is 37.8 Å². The minimum atomic E-state index is 0.937. The van der Waals surface area contributed by atoms with E-state index in [0.717, 1.165) is 24.6 Å². The monoisotopic (exact) mass is 233 g/mol. The van der Waals surface area contributed by atoms with Crippen molar-refractivity contribution in [3.8, 4) is 5.75 Å². The van der Waals surface area contributed by atoms with E-state index in [4.69, 9.17) is 4.74 Å². The van der Waals surface area contributed by atoms with Gasteiger partial charge in [-0.3, -0.25) is 0 Å². The molecule has 0 bridgehead atoms. The molecule has 0 aromatic heterocycles. The summed E-state index contributed by atoms with van der Waals surface area (Å²) in [6.07, 6.45) is 6.84. The van der Waals surface area contributed by atoms with Crippen LogP contribution >= 0.6 is 0 Å². The average molecular weight is 233 g/mol. The Morgan fingerprint density at radius 1 is 1.18 bits per heavy atom. The van der Waals surface area contributed by atoms with Crippen LogP contribution in [0.5, 0.6) is 5.75 Å². The molecule has 0 amide bonds. The molecule has 1 N–H and O–H groups in total. The molecule has 17 heavy (non-hydrogen) atoms. The maximum atomic E-state index is 5.14. The first-order chi connectivity index (χ1) is 8.38. The van der Waals surface area contributed by atoms with Gasteiger partial charge in [0.2, 0.25) is 0 Å². The van der Waals surface area contributed by atoms with Crippen molar-refractivity contribution >= 4 is 0 Å². The van der Waals surface area contributed by atoms with E-state index in [9.17, 15) is 0 Å². The molecule has 0 radical (unpaired) electrons. The number of benzene rings is 1. The quantitative estimate of drug-likeness (QED) is 0.731. The molecule has 1 aliphatic carbocycles. The zero-order chi connectivity index (χ0) is 11.9. The van der Waals surface area contributed by atoms with Crippen LogP contribution in [0.3, 0.4) is 0 Å². The van der Waals surface area contributed by atoms with Crippen molar-refractivity contribution in [2.45, 2.75) is 32.1 Å². The van der Waals surface area contributed by atoms with Crippen molar-refractivity contribution in [2.75, 3.05) is 20.2 Å². The molecule has 0 spiro atoms. The number of nitrogens with one attached hydrogen (secondary N) is 1. The standard InChI is InChI=1S/C15H23NO/c1-17-15-7-5-14(6-8-15)10-12-16-11-9-13-3-2-4-13/h5-8,13,16H,2-4,9-12H2,1H3. The van der Waals surface area contributed by atoms with Gasteiger partial charge in [-0.05, 0) is 49.5 Å². The summed E-state index contributed by atoms with van der Waals surface area (Å²) in [5, 5.41) is 3.53. The van der Waals surface area contributed by atoms with Gasteiger partial charge in [0.15, 0.2) is 0 Å². The Labute approximate surface area is 104 Å². The molecular weight excluding hydrogens is 210 g/mol. The molecule has 2 heteroatoms. The summed E-state index contributed by atoms with van der Waals surface area (Å²) in [6.45, 7) is 2.26. The lowest BCUT2D eigenvalue weighted by Crippen LogP contribution is -2.23. The Balaban J connectivity index is 1.57. The first kappa shape index (κ1) is 12.4. The van der Waals surface area contributed by atoms with Crippen LogP contribution in [0.4, 0.5) is 0 Å². The maximum absolute atomic E-state index is 5.14. The normalized spacial score (nSPS) is 15.6. The zero-order valence-electron chi connectivity index (χ0n) is 10.7. The molecule has 1 fully saturated rings. The van der Waals surface area contributed by atoms with Gasteiger partial charge in [-0.25, -0.2) is 0 Å². The highest BCUT2D eigenvalue weighted by Crippen LogP contribution is 2.28. The summed E-state index contributed by atoms with van der Waals surface area (Å²) < 4.78 is 5.14. The van der Waals surface area contributed by atoms with Crippen LogP contribution in [-0.4, -0.2) is 20.2 Å². The third-order valence-electron chi connectivity index (χ3n) is 3.70. The highest BCUT2D eigenvalue weighted by Gasteiger charge is 2.15. The molecule has 0 atom stereocenters. The minimum absolute atomic E-state index is 0.937. The topological polar surface area (TPSA) is 21.3 Å². The highest BCUT2D eigenvalue weighted by atomic mass is 16.5. The lowest BCUT2D eigenvalue weighted by Gasteiger charge is -2.25. The fourth-order valence-corrected chi connectivity index (χ4v) is 2.24. The Hall–Kier alpha value is -1.02. The summed E-state index contributed by atoms with van der Waals surface area (Å²) in [6, 6.07) is 8.35. The van der Waals surface area contributed by atoms with E-state index in [0.29, 0.717) is 0 Å². The van der Waals surface area contributed by atoms with Crippen molar-refractivity contribution in [3.05, 3.63) is 29.8 Å². The summed E-state index contributed by atoms with van der Waals surface area (Å²) in [7, 11) is 1.71. The van der Waals surface area contributed by atoms with Gasteiger partial charge in [0.25, 0.3) is 0 Å². The van der Waals surface area contributed by atoms with Crippen molar-refractivity contribution in [2.24, 2.45) is 5.92 Å². The van der Waals surface area contributed by atoms with Crippen molar-refractivity contribution in [1.29, 1.82) is 0 Å². The van der Waals surface area contributed by atoms with Crippen LogP contribution in [0, 0.1) is 5.92 Å². The minimum Gasteiger partial charge on any atom is -0.497 e. The van der Waals surface area contributed by atoms with Gasteiger partial charge >= 0.3 is 0 Å². The third-order valence-corrected chi connectivity index (χ3v) is 3.70. The molecular formula is C15H23NO. The molecule has 0 saturated heterocycles. The Morgan fingerprint density at radius 2 is 1.94 bits per heavy atom. The van der Waals surface area contributed by atoms with E-state index in [2.05, 4.69) is 17.4 Å². The summed E-state index contributed by atoms with van der Waals surface area (Å²) >= 11 is 0. The Bertz CT molecular complexity index is 316. The van der Waals surface area contributed by atoms with Crippen LogP contribution in [0.1, 0.15) is 31.2 Å². The molecule has 1 aromatic rings. The van der Waals surface area contributed by atoms with Gasteiger partial charge in [0.05, 0.1) is 7.11 Å². The van der Waals surface area contributed by atoms with Crippen LogP contribution in [-0.2, 0) is 6.42 Å². The van der Waals surface area contributed by atoms with Crippen LogP contribution in [0.2, 0.25) is 0 Å². The largest absolute Gasteiger partial charge is 0.497 e. The number of rotatable bonds is 7. The van der Waals surface area contributed by atoms with Crippen LogP contribution in [0.25, 0.3) is 0 Å². The first-order valence-corrected chi connectivity index (χ1v) is 6.72. The van der Waals surface area contributed by atoms with E-state index in [1.807, 2.05) is 12.1 Å². The van der Waals surface area contributed by atoms with Gasteiger partial charge in [-0.2, -0.15) is 0 Å². The first-order valence-electron chi connectivity index (χ1n) is 6.72. The molecule has 1 aromatic carbocycles. The zero-order valence-corrected chi connectivity index (χ0v) is 10.7. The smallest absolute Gasteiger partial charge is 0.118 e. The summed E-state index contributed by atoms with van der Waals surface area (Å²) in [5.74, 6) is 1.95. The second-order valence-electron chi connectivity index (χ2n) is 4.93. The molecule has 2 rings (SSSR count). The molecule has 0 aliphatic heterocycles. The van der Waals surface area contributed by atoms with E-state index >= 15 is 0 Å². The SMILES string of the molecule is COc1ccc(CCNCCC2CCC2)cc1. The molecule has 2 nitrogen and oxygen atoms in total. The lowest BCUT2D eigenvalue weighted by molar-refractivity contribution is 0.292. The number of hydrogen-bond donors (Lipinski definition) is 1. The molecule has 1 saturated carbocycles. The predicted octanol–water partition coefficient (Wildman–Crippen LogP) is 3.02. The molecule has 94 valence electrons. The Morgan fingerprint density at radius 3 is 2.53 bits per heavy atom. The lowest BCUT2D eigenvalue weighted by atomic mass is 9.83. The van der Waals surface area contributed by atoms with E-state index in [1.54, 1.807) is 7.11 Å². The fraction of sp³-hybridized carbons (Fsp3) is 0.600. The third kappa shape index (κ3) is 4.04. The highest BCUT2D eigenvalue weighted by molar-refractivity contribution is 5.27. The maximum Gasteiger partial charge on any atom is 0.118 e. The molecule has 0 heterocycles. The van der Waals surface area contributed by atoms with E-state index < -0.39 is 0 Å².